The van der Waals surface area contributed by atoms with E-state index in [0.717, 1.165) is 0 Å². The third-order valence-electron chi connectivity index (χ3n) is 6.80. The Hall–Kier alpha value is -3.85. The number of para-hydroxylation sites is 1. The fourth-order valence-electron chi connectivity index (χ4n) is 5.31. The lowest BCUT2D eigenvalue weighted by Crippen LogP contribution is -2.52. The van der Waals surface area contributed by atoms with Crippen LogP contribution in [-0.4, -0.2) is 67.6 Å². The van der Waals surface area contributed by atoms with Gasteiger partial charge in [0.2, 0.25) is 0 Å². The van der Waals surface area contributed by atoms with Gasteiger partial charge in [-0.05, 0) is 37.1 Å². The highest BCUT2D eigenvalue weighted by Gasteiger charge is 2.66. The van der Waals surface area contributed by atoms with E-state index in [1.807, 2.05) is 13.0 Å². The molecule has 0 aromatic heterocycles. The van der Waals surface area contributed by atoms with E-state index in [9.17, 15) is 19.5 Å². The summed E-state index contributed by atoms with van der Waals surface area (Å²) >= 11 is 0. The van der Waals surface area contributed by atoms with Crippen LogP contribution in [0.3, 0.4) is 0 Å². The van der Waals surface area contributed by atoms with Gasteiger partial charge >= 0.3 is 0 Å². The minimum atomic E-state index is -1.77. The van der Waals surface area contributed by atoms with Gasteiger partial charge in [0.1, 0.15) is 19.0 Å². The second-order valence-electron chi connectivity index (χ2n) is 8.90. The zero-order valence-electron chi connectivity index (χ0n) is 20.3. The van der Waals surface area contributed by atoms with Crippen LogP contribution in [0.4, 0.5) is 5.69 Å². The predicted molar refractivity (Wildman–Crippen MR) is 131 cm³/mol. The molecule has 0 saturated carbocycles. The molecule has 1 fully saturated rings. The van der Waals surface area contributed by atoms with Gasteiger partial charge in [-0.15, -0.1) is 0 Å². The Kier molecular flexibility index (Phi) is 6.17. The van der Waals surface area contributed by atoms with E-state index in [4.69, 9.17) is 14.2 Å². The number of aliphatic hydroxyl groups is 1. The predicted octanol–water partition coefficient (Wildman–Crippen LogP) is 2.83. The molecule has 2 aromatic carbocycles. The number of hydrogen-bond donors (Lipinski definition) is 1. The van der Waals surface area contributed by atoms with E-state index in [1.54, 1.807) is 48.4 Å². The highest BCUT2D eigenvalue weighted by atomic mass is 16.6. The summed E-state index contributed by atoms with van der Waals surface area (Å²) in [5.41, 5.74) is -0.633. The number of rotatable bonds is 7. The molecule has 188 valence electrons. The van der Waals surface area contributed by atoms with E-state index in [1.165, 1.54) is 4.90 Å². The van der Waals surface area contributed by atoms with Crippen LogP contribution >= 0.6 is 0 Å². The van der Waals surface area contributed by atoms with Crippen molar-refractivity contribution in [2.45, 2.75) is 25.3 Å². The summed E-state index contributed by atoms with van der Waals surface area (Å²) in [7, 11) is 1.55. The van der Waals surface area contributed by atoms with Gasteiger partial charge in [0, 0.05) is 37.9 Å². The highest BCUT2D eigenvalue weighted by molar-refractivity contribution is 6.50. The van der Waals surface area contributed by atoms with Crippen LogP contribution in [0.15, 0.2) is 48.0 Å². The quantitative estimate of drug-likeness (QED) is 0.274. The van der Waals surface area contributed by atoms with Gasteiger partial charge in [0.15, 0.2) is 17.0 Å². The van der Waals surface area contributed by atoms with E-state index in [2.05, 4.69) is 0 Å². The molecular weight excluding hydrogens is 464 g/mol. The summed E-state index contributed by atoms with van der Waals surface area (Å²) < 4.78 is 16.4. The van der Waals surface area contributed by atoms with Gasteiger partial charge < -0.3 is 29.1 Å². The molecule has 1 atom stereocenters. The first kappa shape index (κ1) is 23.9. The van der Waals surface area contributed by atoms with Crippen molar-refractivity contribution >= 4 is 29.0 Å². The molecule has 1 spiro atoms. The number of fused-ring (bicyclic) bond motifs is 3. The molecular formula is C27H28N2O7. The number of ether oxygens (including phenoxy) is 3. The summed E-state index contributed by atoms with van der Waals surface area (Å²) in [5, 5.41) is 11.6. The Bertz CT molecular complexity index is 1270. The van der Waals surface area contributed by atoms with Crippen molar-refractivity contribution in [3.05, 3.63) is 59.2 Å². The number of Topliss-reactive ketones (excluding diaryl/α,β-unsaturated/α-hetero) is 1. The molecule has 9 nitrogen and oxygen atoms in total. The Balaban J connectivity index is 1.75. The van der Waals surface area contributed by atoms with Crippen LogP contribution in [0.5, 0.6) is 11.5 Å². The van der Waals surface area contributed by atoms with Crippen molar-refractivity contribution in [2.75, 3.05) is 44.9 Å². The summed E-state index contributed by atoms with van der Waals surface area (Å²) in [6, 6.07) is 11.9. The highest BCUT2D eigenvalue weighted by Crippen LogP contribution is 2.53. The monoisotopic (exact) mass is 492 g/mol. The van der Waals surface area contributed by atoms with Crippen molar-refractivity contribution in [1.82, 2.24) is 4.90 Å². The maximum atomic E-state index is 14.2. The first-order valence-corrected chi connectivity index (χ1v) is 12.1. The maximum absolute atomic E-state index is 14.2. The molecule has 3 aliphatic rings. The zero-order chi connectivity index (χ0) is 25.4. The van der Waals surface area contributed by atoms with Crippen LogP contribution in [0.25, 0.3) is 5.76 Å². The van der Waals surface area contributed by atoms with Crippen LogP contribution in [0.1, 0.15) is 30.9 Å². The smallest absolute Gasteiger partial charge is 0.296 e. The van der Waals surface area contributed by atoms with Crippen molar-refractivity contribution < 1.29 is 33.7 Å². The summed E-state index contributed by atoms with van der Waals surface area (Å²) in [6.07, 6.45) is 1.09. The SMILES string of the molecule is CCCN1C(=O)C2(C(=C(O)c3ccc4c(c3)OCCO4)C(=O)C(=O)N2CCCOC)c2ccccc21. The number of benzene rings is 2. The first-order chi connectivity index (χ1) is 17.5. The molecule has 5 rings (SSSR count). The van der Waals surface area contributed by atoms with Crippen LogP contribution < -0.4 is 14.4 Å². The lowest BCUT2D eigenvalue weighted by molar-refractivity contribution is -0.143. The molecule has 3 aliphatic heterocycles. The molecule has 1 saturated heterocycles. The van der Waals surface area contributed by atoms with Crippen molar-refractivity contribution in [3.8, 4) is 11.5 Å². The Morgan fingerprint density at radius 1 is 1.06 bits per heavy atom. The Morgan fingerprint density at radius 2 is 1.81 bits per heavy atom. The standard InChI is InChI=1S/C27H28N2O7/c1-3-11-28-19-8-5-4-7-18(19)27(26(28)33)22(24(31)25(32)29(27)12-6-13-34-2)23(30)17-9-10-20-21(16-17)36-15-14-35-20/h4-5,7-10,16,30H,3,6,11-15H2,1-2H3. The minimum Gasteiger partial charge on any atom is -0.507 e. The number of aliphatic hydroxyl groups excluding tert-OH is 1. The number of anilines is 1. The molecule has 0 radical (unpaired) electrons. The lowest BCUT2D eigenvalue weighted by atomic mass is 9.81. The number of likely N-dealkylation sites (tertiary alicyclic amines) is 1. The number of carbonyl (C=O) groups is 3. The second kappa shape index (κ2) is 9.31. The van der Waals surface area contributed by atoms with Gasteiger partial charge in [-0.2, -0.15) is 0 Å². The second-order valence-corrected chi connectivity index (χ2v) is 8.90. The number of nitrogens with zero attached hydrogens (tertiary/aromatic N) is 2. The summed E-state index contributed by atoms with van der Waals surface area (Å²) in [4.78, 5) is 44.1. The third-order valence-corrected chi connectivity index (χ3v) is 6.80. The van der Waals surface area contributed by atoms with Gasteiger partial charge in [-0.25, -0.2) is 0 Å². The Morgan fingerprint density at radius 3 is 2.56 bits per heavy atom. The molecule has 1 unspecified atom stereocenters. The van der Waals surface area contributed by atoms with E-state index in [-0.39, 0.29) is 17.7 Å². The molecule has 2 aromatic rings. The average molecular weight is 493 g/mol. The van der Waals surface area contributed by atoms with E-state index >= 15 is 0 Å². The minimum absolute atomic E-state index is 0.108. The molecule has 9 heteroatoms. The first-order valence-electron chi connectivity index (χ1n) is 12.1. The summed E-state index contributed by atoms with van der Waals surface area (Å²) in [5.74, 6) is -1.65. The van der Waals surface area contributed by atoms with Crippen LogP contribution in [0.2, 0.25) is 0 Å². The number of ketones is 1. The fraction of sp³-hybridized carbons (Fsp3) is 0.370. The zero-order valence-corrected chi connectivity index (χ0v) is 20.3. The molecule has 2 amide bonds. The van der Waals surface area contributed by atoms with Gasteiger partial charge in [0.25, 0.3) is 17.6 Å². The molecule has 1 N–H and O–H groups in total. The molecule has 0 aliphatic carbocycles. The Labute approximate surface area is 208 Å². The molecule has 36 heavy (non-hydrogen) atoms. The van der Waals surface area contributed by atoms with Crippen molar-refractivity contribution in [2.24, 2.45) is 0 Å². The number of carbonyl (C=O) groups excluding carboxylic acids is 3. The van der Waals surface area contributed by atoms with E-state index in [0.29, 0.717) is 62.0 Å². The lowest BCUT2D eigenvalue weighted by Gasteiger charge is -2.34. The van der Waals surface area contributed by atoms with Crippen LogP contribution in [-0.2, 0) is 24.7 Å². The molecule has 0 bridgehead atoms. The fourth-order valence-corrected chi connectivity index (χ4v) is 5.31. The number of hydrogen-bond acceptors (Lipinski definition) is 7. The van der Waals surface area contributed by atoms with Gasteiger partial charge in [-0.3, -0.25) is 14.4 Å². The van der Waals surface area contributed by atoms with Crippen molar-refractivity contribution in [3.63, 3.8) is 0 Å². The van der Waals surface area contributed by atoms with E-state index < -0.39 is 28.9 Å². The van der Waals surface area contributed by atoms with Crippen molar-refractivity contribution in [1.29, 1.82) is 0 Å². The number of amides is 2. The maximum Gasteiger partial charge on any atom is 0.296 e. The molecule has 3 heterocycles. The third kappa shape index (κ3) is 3.37. The van der Waals surface area contributed by atoms with Gasteiger partial charge in [0.05, 0.1) is 11.3 Å². The van der Waals surface area contributed by atoms with Gasteiger partial charge in [-0.1, -0.05) is 25.1 Å². The number of methoxy groups -OCH3 is 1. The average Bonchev–Trinajstić information content (AvgIpc) is 3.27. The normalized spacial score (nSPS) is 22.0. The summed E-state index contributed by atoms with van der Waals surface area (Å²) in [6.45, 7) is 3.56. The van der Waals surface area contributed by atoms with Crippen LogP contribution in [0, 0.1) is 0 Å². The topological polar surface area (TPSA) is 106 Å². The largest absolute Gasteiger partial charge is 0.507 e.